The van der Waals surface area contributed by atoms with Crippen LogP contribution in [0.15, 0.2) is 36.4 Å². The number of hydrogen-bond donors (Lipinski definition) is 2. The monoisotopic (exact) mass is 437 g/mol. The number of aryl methyl sites for hydroxylation is 2. The summed E-state index contributed by atoms with van der Waals surface area (Å²) in [5, 5.41) is 4.45. The van der Waals surface area contributed by atoms with Crippen LogP contribution in [0, 0.1) is 13.8 Å². The van der Waals surface area contributed by atoms with Gasteiger partial charge in [-0.1, -0.05) is 12.1 Å². The molecule has 2 N–H and O–H groups in total. The van der Waals surface area contributed by atoms with Crippen molar-refractivity contribution < 1.29 is 28.7 Å². The molecule has 2 aromatic rings. The second-order valence-electron chi connectivity index (χ2n) is 7.39. The first-order valence-electron chi connectivity index (χ1n) is 10.0. The molecule has 5 amide bonds. The van der Waals surface area contributed by atoms with Crippen LogP contribution in [-0.4, -0.2) is 42.4 Å². The normalized spacial score (nSPS) is 13.4. The van der Waals surface area contributed by atoms with Gasteiger partial charge in [-0.2, -0.15) is 0 Å². The van der Waals surface area contributed by atoms with E-state index < -0.39 is 35.8 Å². The van der Waals surface area contributed by atoms with E-state index in [0.717, 1.165) is 16.0 Å². The summed E-state index contributed by atoms with van der Waals surface area (Å²) >= 11 is 0. The SMILES string of the molecule is CCNC(=O)NC(=O)[C@H](C)OC(=O)c1ccc2c(c1)C(=O)N(c1cc(C)ccc1C)C2=O. The van der Waals surface area contributed by atoms with Crippen molar-refractivity contribution in [3.63, 3.8) is 0 Å². The van der Waals surface area contributed by atoms with Crippen LogP contribution in [0.1, 0.15) is 56.0 Å². The Hall–Kier alpha value is -4.01. The van der Waals surface area contributed by atoms with Crippen molar-refractivity contribution >= 4 is 35.4 Å². The molecule has 0 spiro atoms. The number of nitrogens with zero attached hydrogens (tertiary/aromatic N) is 1. The van der Waals surface area contributed by atoms with E-state index in [1.54, 1.807) is 19.9 Å². The Morgan fingerprint density at radius 3 is 2.38 bits per heavy atom. The molecule has 1 heterocycles. The fourth-order valence-electron chi connectivity index (χ4n) is 3.25. The van der Waals surface area contributed by atoms with Gasteiger partial charge in [0.05, 0.1) is 22.4 Å². The number of carbonyl (C=O) groups is 5. The Kier molecular flexibility index (Phi) is 6.38. The number of urea groups is 1. The number of benzene rings is 2. The highest BCUT2D eigenvalue weighted by atomic mass is 16.5. The summed E-state index contributed by atoms with van der Waals surface area (Å²) in [7, 11) is 0. The second-order valence-corrected chi connectivity index (χ2v) is 7.39. The number of carbonyl (C=O) groups excluding carboxylic acids is 5. The Balaban J connectivity index is 1.79. The van der Waals surface area contributed by atoms with E-state index in [9.17, 15) is 24.0 Å². The first-order valence-corrected chi connectivity index (χ1v) is 10.0. The molecular formula is C23H23N3O6. The summed E-state index contributed by atoms with van der Waals surface area (Å²) in [6.45, 7) is 6.99. The predicted molar refractivity (Wildman–Crippen MR) is 116 cm³/mol. The van der Waals surface area contributed by atoms with Gasteiger partial charge in [-0.25, -0.2) is 14.5 Å². The molecule has 9 nitrogen and oxygen atoms in total. The second kappa shape index (κ2) is 9.01. The van der Waals surface area contributed by atoms with E-state index in [2.05, 4.69) is 10.6 Å². The third kappa shape index (κ3) is 4.36. The topological polar surface area (TPSA) is 122 Å². The number of hydrogen-bond acceptors (Lipinski definition) is 6. The van der Waals surface area contributed by atoms with Crippen LogP contribution in [0.25, 0.3) is 0 Å². The standard InChI is InChI=1S/C23H23N3O6/c1-5-24-23(31)25-19(27)14(4)32-22(30)15-8-9-16-17(11-15)21(29)26(20(16)28)18-10-12(2)6-7-13(18)3/h6-11,14H,5H2,1-4H3,(H2,24,25,27,31)/t14-/m0/s1. The fraction of sp³-hybridized carbons (Fsp3) is 0.261. The smallest absolute Gasteiger partial charge is 0.338 e. The van der Waals surface area contributed by atoms with Crippen molar-refractivity contribution in [3.05, 3.63) is 64.2 Å². The Labute approximate surface area is 184 Å². The number of fused-ring (bicyclic) bond motifs is 1. The molecule has 1 atom stereocenters. The highest BCUT2D eigenvalue weighted by molar-refractivity contribution is 6.35. The highest BCUT2D eigenvalue weighted by Gasteiger charge is 2.38. The van der Waals surface area contributed by atoms with Gasteiger partial charge < -0.3 is 10.1 Å². The lowest BCUT2D eigenvalue weighted by molar-refractivity contribution is -0.127. The molecule has 9 heteroatoms. The van der Waals surface area contributed by atoms with Gasteiger partial charge in [-0.15, -0.1) is 0 Å². The van der Waals surface area contributed by atoms with E-state index in [0.29, 0.717) is 12.2 Å². The van der Waals surface area contributed by atoms with E-state index in [1.165, 1.54) is 25.1 Å². The molecule has 0 bridgehead atoms. The minimum Gasteiger partial charge on any atom is -0.449 e. The van der Waals surface area contributed by atoms with Gasteiger partial charge in [-0.05, 0) is 63.1 Å². The molecule has 0 aliphatic carbocycles. The van der Waals surface area contributed by atoms with Crippen molar-refractivity contribution in [2.45, 2.75) is 33.8 Å². The first-order chi connectivity index (χ1) is 15.1. The van der Waals surface area contributed by atoms with Crippen LogP contribution in [-0.2, 0) is 9.53 Å². The van der Waals surface area contributed by atoms with Gasteiger partial charge in [-0.3, -0.25) is 19.7 Å². The average Bonchev–Trinajstić information content (AvgIpc) is 2.99. The largest absolute Gasteiger partial charge is 0.449 e. The lowest BCUT2D eigenvalue weighted by atomic mass is 10.1. The van der Waals surface area contributed by atoms with E-state index >= 15 is 0 Å². The maximum absolute atomic E-state index is 13.0. The Bertz CT molecular complexity index is 1140. The number of imide groups is 2. The van der Waals surface area contributed by atoms with Gasteiger partial charge in [0, 0.05) is 6.54 Å². The zero-order chi connectivity index (χ0) is 23.6. The van der Waals surface area contributed by atoms with Crippen LogP contribution in [0.2, 0.25) is 0 Å². The molecule has 3 rings (SSSR count). The van der Waals surface area contributed by atoms with Crippen molar-refractivity contribution in [2.24, 2.45) is 0 Å². The van der Waals surface area contributed by atoms with Crippen molar-refractivity contribution in [1.29, 1.82) is 0 Å². The number of esters is 1. The minimum absolute atomic E-state index is 0.00498. The molecule has 166 valence electrons. The lowest BCUT2D eigenvalue weighted by Gasteiger charge is -2.17. The molecule has 0 saturated carbocycles. The minimum atomic E-state index is -1.25. The van der Waals surface area contributed by atoms with Crippen LogP contribution in [0.4, 0.5) is 10.5 Å². The first kappa shape index (κ1) is 22.7. The van der Waals surface area contributed by atoms with Crippen molar-refractivity contribution in [1.82, 2.24) is 10.6 Å². The van der Waals surface area contributed by atoms with Crippen LogP contribution in [0.3, 0.4) is 0 Å². The zero-order valence-electron chi connectivity index (χ0n) is 18.1. The maximum Gasteiger partial charge on any atom is 0.338 e. The number of amides is 5. The third-order valence-corrected chi connectivity index (χ3v) is 4.95. The van der Waals surface area contributed by atoms with Crippen LogP contribution < -0.4 is 15.5 Å². The number of anilines is 1. The van der Waals surface area contributed by atoms with Gasteiger partial charge in [0.2, 0.25) is 0 Å². The molecule has 0 aromatic heterocycles. The van der Waals surface area contributed by atoms with Crippen molar-refractivity contribution in [3.8, 4) is 0 Å². The summed E-state index contributed by atoms with van der Waals surface area (Å²) in [6, 6.07) is 8.77. The summed E-state index contributed by atoms with van der Waals surface area (Å²) in [6.07, 6.45) is -1.25. The van der Waals surface area contributed by atoms with E-state index in [4.69, 9.17) is 4.74 Å². The molecule has 0 fully saturated rings. The molecular weight excluding hydrogens is 414 g/mol. The van der Waals surface area contributed by atoms with E-state index in [-0.39, 0.29) is 16.7 Å². The van der Waals surface area contributed by atoms with Gasteiger partial charge in [0.25, 0.3) is 17.7 Å². The molecule has 0 unspecified atom stereocenters. The molecule has 1 aliphatic heterocycles. The Morgan fingerprint density at radius 1 is 1.00 bits per heavy atom. The Morgan fingerprint density at radius 2 is 1.69 bits per heavy atom. The number of ether oxygens (including phenoxy) is 1. The summed E-state index contributed by atoms with van der Waals surface area (Å²) in [5.74, 6) is -2.68. The third-order valence-electron chi connectivity index (χ3n) is 4.95. The van der Waals surface area contributed by atoms with Crippen LogP contribution in [0.5, 0.6) is 0 Å². The highest BCUT2D eigenvalue weighted by Crippen LogP contribution is 2.31. The van der Waals surface area contributed by atoms with Crippen molar-refractivity contribution in [2.75, 3.05) is 11.4 Å². The summed E-state index contributed by atoms with van der Waals surface area (Å²) < 4.78 is 5.10. The summed E-state index contributed by atoms with van der Waals surface area (Å²) in [5.41, 5.74) is 2.39. The molecule has 0 radical (unpaired) electrons. The fourth-order valence-corrected chi connectivity index (χ4v) is 3.25. The molecule has 2 aromatic carbocycles. The predicted octanol–water partition coefficient (Wildman–Crippen LogP) is 2.50. The average molecular weight is 437 g/mol. The van der Waals surface area contributed by atoms with Gasteiger partial charge >= 0.3 is 12.0 Å². The molecule has 1 aliphatic rings. The van der Waals surface area contributed by atoms with Gasteiger partial charge in [0.15, 0.2) is 6.10 Å². The van der Waals surface area contributed by atoms with Gasteiger partial charge in [0.1, 0.15) is 0 Å². The zero-order valence-corrected chi connectivity index (χ0v) is 18.1. The number of nitrogens with one attached hydrogen (secondary N) is 2. The lowest BCUT2D eigenvalue weighted by Crippen LogP contribution is -2.44. The molecule has 32 heavy (non-hydrogen) atoms. The maximum atomic E-state index is 13.0. The van der Waals surface area contributed by atoms with E-state index in [1.807, 2.05) is 19.1 Å². The number of rotatable bonds is 5. The molecule has 0 saturated heterocycles. The summed E-state index contributed by atoms with van der Waals surface area (Å²) in [4.78, 5) is 62.9. The van der Waals surface area contributed by atoms with Crippen LogP contribution >= 0.6 is 0 Å². The quantitative estimate of drug-likeness (QED) is 0.548.